The molecule has 0 atom stereocenters. The highest BCUT2D eigenvalue weighted by Crippen LogP contribution is 2.26. The molecule has 0 spiro atoms. The second kappa shape index (κ2) is 6.65. The van der Waals surface area contributed by atoms with Gasteiger partial charge in [0.2, 0.25) is 0 Å². The number of halogens is 4. The third-order valence-electron chi connectivity index (χ3n) is 2.58. The first-order chi connectivity index (χ1) is 9.56. The lowest BCUT2D eigenvalue weighted by Crippen LogP contribution is -2.04. The van der Waals surface area contributed by atoms with E-state index in [9.17, 15) is 13.2 Å². The van der Waals surface area contributed by atoms with E-state index in [1.54, 1.807) is 24.3 Å². The van der Waals surface area contributed by atoms with Crippen LogP contribution in [0.4, 0.5) is 18.9 Å². The van der Waals surface area contributed by atoms with E-state index < -0.39 is 6.61 Å². The summed E-state index contributed by atoms with van der Waals surface area (Å²) in [6, 6.07) is 10.8. The van der Waals surface area contributed by atoms with Crippen molar-refractivity contribution in [3.63, 3.8) is 0 Å². The molecule has 2 nitrogen and oxygen atoms in total. The Bertz CT molecular complexity index is 555. The minimum absolute atomic E-state index is 0.0934. The van der Waals surface area contributed by atoms with Gasteiger partial charge >= 0.3 is 6.61 Å². The summed E-state index contributed by atoms with van der Waals surface area (Å²) < 4.78 is 42.4. The molecule has 0 saturated heterocycles. The van der Waals surface area contributed by atoms with Crippen molar-refractivity contribution < 1.29 is 17.9 Å². The van der Waals surface area contributed by atoms with Crippen LogP contribution < -0.4 is 10.1 Å². The Hall–Kier alpha value is -1.69. The molecule has 0 amide bonds. The van der Waals surface area contributed by atoms with Crippen molar-refractivity contribution in [2.75, 3.05) is 5.32 Å². The van der Waals surface area contributed by atoms with Crippen molar-refractivity contribution in [3.8, 4) is 5.75 Å². The van der Waals surface area contributed by atoms with Crippen molar-refractivity contribution in [1.82, 2.24) is 0 Å². The lowest BCUT2D eigenvalue weighted by Gasteiger charge is -2.10. The minimum atomic E-state index is -2.84. The maximum atomic E-state index is 13.6. The number of anilines is 1. The molecule has 0 aliphatic heterocycles. The Balaban J connectivity index is 2.00. The van der Waals surface area contributed by atoms with E-state index in [0.717, 1.165) is 5.56 Å². The Morgan fingerprint density at radius 2 is 1.80 bits per heavy atom. The standard InChI is InChI=1S/C14H11BrF3NO/c15-11-2-1-3-12(16)13(11)19-8-9-4-6-10(7-5-9)20-14(17)18/h1-7,14,19H,8H2. The average molecular weight is 346 g/mol. The molecule has 0 heterocycles. The number of hydrogen-bond donors (Lipinski definition) is 1. The van der Waals surface area contributed by atoms with Gasteiger partial charge in [0.25, 0.3) is 0 Å². The third-order valence-corrected chi connectivity index (χ3v) is 3.24. The number of ether oxygens (including phenoxy) is 1. The van der Waals surface area contributed by atoms with Crippen LogP contribution >= 0.6 is 15.9 Å². The lowest BCUT2D eigenvalue weighted by atomic mass is 10.2. The molecule has 6 heteroatoms. The zero-order valence-electron chi connectivity index (χ0n) is 10.2. The molecule has 0 bridgehead atoms. The summed E-state index contributed by atoms with van der Waals surface area (Å²) >= 11 is 3.25. The molecule has 0 saturated carbocycles. The summed E-state index contributed by atoms with van der Waals surface area (Å²) in [5, 5.41) is 2.95. The van der Waals surface area contributed by atoms with Crippen LogP contribution in [0.5, 0.6) is 5.75 Å². The van der Waals surface area contributed by atoms with Gasteiger partial charge in [-0.05, 0) is 45.8 Å². The third kappa shape index (κ3) is 3.90. The fourth-order valence-corrected chi connectivity index (χ4v) is 2.13. The first kappa shape index (κ1) is 14.7. The SMILES string of the molecule is Fc1cccc(Br)c1NCc1ccc(OC(F)F)cc1. The molecule has 0 unspecified atom stereocenters. The van der Waals surface area contributed by atoms with Gasteiger partial charge in [-0.25, -0.2) is 4.39 Å². The Labute approximate surface area is 122 Å². The summed E-state index contributed by atoms with van der Waals surface area (Å²) in [6.07, 6.45) is 0. The first-order valence-electron chi connectivity index (χ1n) is 5.78. The average Bonchev–Trinajstić information content (AvgIpc) is 2.39. The molecule has 0 aliphatic carbocycles. The predicted molar refractivity (Wildman–Crippen MR) is 74.5 cm³/mol. The number of nitrogens with one attached hydrogen (secondary N) is 1. The fourth-order valence-electron chi connectivity index (χ4n) is 1.65. The topological polar surface area (TPSA) is 21.3 Å². The van der Waals surface area contributed by atoms with Crippen molar-refractivity contribution in [3.05, 3.63) is 58.3 Å². The second-order valence-corrected chi connectivity index (χ2v) is 4.83. The highest BCUT2D eigenvalue weighted by atomic mass is 79.9. The summed E-state index contributed by atoms with van der Waals surface area (Å²) in [5.41, 5.74) is 1.18. The molecule has 20 heavy (non-hydrogen) atoms. The minimum Gasteiger partial charge on any atom is -0.435 e. The molecule has 0 fully saturated rings. The summed E-state index contributed by atoms with van der Waals surface area (Å²) in [5.74, 6) is -0.271. The molecule has 106 valence electrons. The van der Waals surface area contributed by atoms with Gasteiger partial charge in [-0.15, -0.1) is 0 Å². The maximum Gasteiger partial charge on any atom is 0.387 e. The number of alkyl halides is 2. The van der Waals surface area contributed by atoms with E-state index in [1.807, 2.05) is 0 Å². The highest BCUT2D eigenvalue weighted by Gasteiger charge is 2.06. The zero-order valence-corrected chi connectivity index (χ0v) is 11.8. The van der Waals surface area contributed by atoms with Crippen molar-refractivity contribution >= 4 is 21.6 Å². The van der Waals surface area contributed by atoms with Crippen LogP contribution in [0, 0.1) is 5.82 Å². The van der Waals surface area contributed by atoms with Crippen molar-refractivity contribution in [2.24, 2.45) is 0 Å². The van der Waals surface area contributed by atoms with Crippen LogP contribution in [0.15, 0.2) is 46.9 Å². The first-order valence-corrected chi connectivity index (χ1v) is 6.57. The summed E-state index contributed by atoms with van der Waals surface area (Å²) in [7, 11) is 0. The quantitative estimate of drug-likeness (QED) is 0.840. The zero-order chi connectivity index (χ0) is 14.5. The number of benzene rings is 2. The van der Waals surface area contributed by atoms with Gasteiger partial charge in [0.15, 0.2) is 0 Å². The Morgan fingerprint density at radius 3 is 2.40 bits per heavy atom. The van der Waals surface area contributed by atoms with Gasteiger partial charge in [-0.2, -0.15) is 8.78 Å². The smallest absolute Gasteiger partial charge is 0.387 e. The lowest BCUT2D eigenvalue weighted by molar-refractivity contribution is -0.0498. The van der Waals surface area contributed by atoms with E-state index in [1.165, 1.54) is 18.2 Å². The molecule has 2 aromatic rings. The van der Waals surface area contributed by atoms with Crippen LogP contribution in [0.3, 0.4) is 0 Å². The van der Waals surface area contributed by atoms with Crippen LogP contribution in [-0.2, 0) is 6.54 Å². The summed E-state index contributed by atoms with van der Waals surface area (Å²) in [6.45, 7) is -2.47. The molecule has 2 aromatic carbocycles. The molecule has 0 aliphatic rings. The predicted octanol–water partition coefficient (Wildman–Crippen LogP) is 4.80. The monoisotopic (exact) mass is 345 g/mol. The van der Waals surface area contributed by atoms with Crippen LogP contribution in [0.1, 0.15) is 5.56 Å². The number of hydrogen-bond acceptors (Lipinski definition) is 2. The fraction of sp³-hybridized carbons (Fsp3) is 0.143. The van der Waals surface area contributed by atoms with Crippen LogP contribution in [-0.4, -0.2) is 6.61 Å². The molecular formula is C14H11BrF3NO. The second-order valence-electron chi connectivity index (χ2n) is 3.97. The van der Waals surface area contributed by atoms with E-state index in [2.05, 4.69) is 26.0 Å². The number of para-hydroxylation sites is 1. The van der Waals surface area contributed by atoms with Crippen molar-refractivity contribution in [2.45, 2.75) is 13.2 Å². The van der Waals surface area contributed by atoms with Gasteiger partial charge < -0.3 is 10.1 Å². The Morgan fingerprint density at radius 1 is 1.10 bits per heavy atom. The maximum absolute atomic E-state index is 13.6. The highest BCUT2D eigenvalue weighted by molar-refractivity contribution is 9.10. The van der Waals surface area contributed by atoms with Gasteiger partial charge in [0.1, 0.15) is 11.6 Å². The normalized spacial score (nSPS) is 10.7. The molecular weight excluding hydrogens is 335 g/mol. The molecule has 0 radical (unpaired) electrons. The molecule has 1 N–H and O–H groups in total. The summed E-state index contributed by atoms with van der Waals surface area (Å²) in [4.78, 5) is 0. The van der Waals surface area contributed by atoms with E-state index in [0.29, 0.717) is 16.7 Å². The number of rotatable bonds is 5. The van der Waals surface area contributed by atoms with E-state index >= 15 is 0 Å². The van der Waals surface area contributed by atoms with E-state index in [-0.39, 0.29) is 11.6 Å². The van der Waals surface area contributed by atoms with Gasteiger partial charge in [0, 0.05) is 11.0 Å². The molecule has 0 aromatic heterocycles. The Kier molecular flexibility index (Phi) is 4.89. The van der Waals surface area contributed by atoms with Crippen molar-refractivity contribution in [1.29, 1.82) is 0 Å². The van der Waals surface area contributed by atoms with Gasteiger partial charge in [-0.1, -0.05) is 18.2 Å². The van der Waals surface area contributed by atoms with Crippen LogP contribution in [0.25, 0.3) is 0 Å². The molecule has 2 rings (SSSR count). The van der Waals surface area contributed by atoms with Gasteiger partial charge in [0.05, 0.1) is 5.69 Å². The largest absolute Gasteiger partial charge is 0.435 e. The van der Waals surface area contributed by atoms with Gasteiger partial charge in [-0.3, -0.25) is 0 Å². The van der Waals surface area contributed by atoms with Crippen LogP contribution in [0.2, 0.25) is 0 Å². The van der Waals surface area contributed by atoms with E-state index in [4.69, 9.17) is 0 Å².